The monoisotopic (exact) mass is 244 g/mol. The molecule has 1 aliphatic heterocycles. The number of aryl methyl sites for hydroxylation is 1. The topological polar surface area (TPSA) is 29.3 Å². The smallest absolute Gasteiger partial charge is 0.0605 e. The summed E-state index contributed by atoms with van der Waals surface area (Å²) in [5.74, 6) is 0.910. The number of nitrogen functional groups attached to an aromatic ring is 1. The fourth-order valence-electron chi connectivity index (χ4n) is 3.83. The molecular weight excluding hydrogens is 220 g/mol. The van der Waals surface area contributed by atoms with Crippen molar-refractivity contribution in [1.82, 2.24) is 0 Å². The minimum Gasteiger partial charge on any atom is -0.397 e. The van der Waals surface area contributed by atoms with E-state index in [1.54, 1.807) is 0 Å². The molecule has 1 aromatic carbocycles. The maximum atomic E-state index is 6.20. The number of hydrogen-bond donors (Lipinski definition) is 1. The Hall–Kier alpha value is -1.18. The van der Waals surface area contributed by atoms with Gasteiger partial charge < -0.3 is 10.6 Å². The molecule has 0 bridgehead atoms. The van der Waals surface area contributed by atoms with E-state index in [1.807, 2.05) is 0 Å². The van der Waals surface area contributed by atoms with E-state index in [9.17, 15) is 0 Å². The maximum absolute atomic E-state index is 6.20. The van der Waals surface area contributed by atoms with Crippen LogP contribution in [0.3, 0.4) is 0 Å². The van der Waals surface area contributed by atoms with Gasteiger partial charge in [-0.15, -0.1) is 0 Å². The summed E-state index contributed by atoms with van der Waals surface area (Å²) in [6, 6.07) is 7.20. The molecule has 18 heavy (non-hydrogen) atoms. The zero-order chi connectivity index (χ0) is 12.5. The number of nitrogens with two attached hydrogens (primary N) is 1. The molecule has 1 aliphatic carbocycles. The predicted octanol–water partition coefficient (Wildman–Crippen LogP) is 3.74. The van der Waals surface area contributed by atoms with Crippen molar-refractivity contribution in [2.24, 2.45) is 5.92 Å². The molecule has 2 nitrogen and oxygen atoms in total. The first-order valence-corrected chi connectivity index (χ1v) is 7.38. The van der Waals surface area contributed by atoms with Crippen molar-refractivity contribution in [2.45, 2.75) is 51.5 Å². The molecule has 2 atom stereocenters. The van der Waals surface area contributed by atoms with Crippen LogP contribution in [0.5, 0.6) is 0 Å². The average Bonchev–Trinajstić information content (AvgIpc) is 2.41. The number of piperidine rings is 1. The maximum Gasteiger partial charge on any atom is 0.0605 e. The molecule has 0 spiro atoms. The zero-order valence-electron chi connectivity index (χ0n) is 11.4. The Morgan fingerprint density at radius 2 is 1.89 bits per heavy atom. The third-order valence-corrected chi connectivity index (χ3v) is 4.74. The van der Waals surface area contributed by atoms with Crippen molar-refractivity contribution < 1.29 is 0 Å². The van der Waals surface area contributed by atoms with E-state index < -0.39 is 0 Å². The predicted molar refractivity (Wildman–Crippen MR) is 77.9 cm³/mol. The highest BCUT2D eigenvalue weighted by molar-refractivity contribution is 5.69. The first-order chi connectivity index (χ1) is 8.75. The van der Waals surface area contributed by atoms with Crippen molar-refractivity contribution in [2.75, 3.05) is 17.2 Å². The summed E-state index contributed by atoms with van der Waals surface area (Å²) < 4.78 is 0. The Bertz CT molecular complexity index is 425. The summed E-state index contributed by atoms with van der Waals surface area (Å²) in [7, 11) is 0. The minimum absolute atomic E-state index is 0.747. The number of benzene rings is 1. The molecule has 0 radical (unpaired) electrons. The van der Waals surface area contributed by atoms with Crippen molar-refractivity contribution in [3.63, 3.8) is 0 Å². The van der Waals surface area contributed by atoms with Crippen molar-refractivity contribution in [3.8, 4) is 0 Å². The summed E-state index contributed by atoms with van der Waals surface area (Å²) in [6.45, 7) is 3.35. The molecule has 1 aromatic rings. The van der Waals surface area contributed by atoms with E-state index in [-0.39, 0.29) is 0 Å². The van der Waals surface area contributed by atoms with Crippen molar-refractivity contribution in [1.29, 1.82) is 0 Å². The zero-order valence-corrected chi connectivity index (χ0v) is 11.4. The fourth-order valence-corrected chi connectivity index (χ4v) is 3.83. The SMILES string of the molecule is Cc1ccc(N)c(N2CCC[C@H]3CCCC[C@H]32)c1. The second-order valence-electron chi connectivity index (χ2n) is 6.01. The van der Waals surface area contributed by atoms with E-state index in [2.05, 4.69) is 30.0 Å². The van der Waals surface area contributed by atoms with Crippen LogP contribution in [0.25, 0.3) is 0 Å². The standard InChI is InChI=1S/C16H24N2/c1-12-8-9-14(17)16(11-12)18-10-4-6-13-5-2-3-7-15(13)18/h8-9,11,13,15H,2-7,10,17H2,1H3/t13-,15-/m1/s1. The van der Waals surface area contributed by atoms with Gasteiger partial charge in [-0.05, 0) is 56.2 Å². The number of hydrogen-bond acceptors (Lipinski definition) is 2. The molecule has 0 amide bonds. The van der Waals surface area contributed by atoms with Gasteiger partial charge in [-0.2, -0.15) is 0 Å². The van der Waals surface area contributed by atoms with Crippen LogP contribution in [0.15, 0.2) is 18.2 Å². The van der Waals surface area contributed by atoms with Crippen molar-refractivity contribution >= 4 is 11.4 Å². The molecule has 0 aromatic heterocycles. The number of fused-ring (bicyclic) bond motifs is 1. The van der Waals surface area contributed by atoms with Gasteiger partial charge in [0.15, 0.2) is 0 Å². The van der Waals surface area contributed by atoms with Crippen LogP contribution in [0.1, 0.15) is 44.1 Å². The Morgan fingerprint density at radius 1 is 1.11 bits per heavy atom. The Kier molecular flexibility index (Phi) is 3.19. The lowest BCUT2D eigenvalue weighted by atomic mass is 9.78. The van der Waals surface area contributed by atoms with Crippen LogP contribution >= 0.6 is 0 Å². The number of nitrogens with zero attached hydrogens (tertiary/aromatic N) is 1. The molecule has 2 heteroatoms. The Morgan fingerprint density at radius 3 is 2.78 bits per heavy atom. The summed E-state index contributed by atoms with van der Waals surface area (Å²) >= 11 is 0. The Balaban J connectivity index is 1.91. The van der Waals surface area contributed by atoms with E-state index in [0.29, 0.717) is 0 Å². The first-order valence-electron chi connectivity index (χ1n) is 7.38. The van der Waals surface area contributed by atoms with E-state index in [0.717, 1.165) is 17.6 Å². The van der Waals surface area contributed by atoms with Gasteiger partial charge in [0, 0.05) is 12.6 Å². The average molecular weight is 244 g/mol. The van der Waals surface area contributed by atoms with E-state index in [1.165, 1.54) is 56.3 Å². The van der Waals surface area contributed by atoms with Gasteiger partial charge in [0.05, 0.1) is 11.4 Å². The summed E-state index contributed by atoms with van der Waals surface area (Å²) in [4.78, 5) is 2.61. The number of rotatable bonds is 1. The second kappa shape index (κ2) is 4.83. The second-order valence-corrected chi connectivity index (χ2v) is 6.01. The largest absolute Gasteiger partial charge is 0.397 e. The minimum atomic E-state index is 0.747. The van der Waals surface area contributed by atoms with Crippen LogP contribution < -0.4 is 10.6 Å². The number of anilines is 2. The molecule has 2 fully saturated rings. The lowest BCUT2D eigenvalue weighted by Gasteiger charge is -2.46. The van der Waals surface area contributed by atoms with Gasteiger partial charge in [-0.3, -0.25) is 0 Å². The van der Waals surface area contributed by atoms with Crippen LogP contribution in [0, 0.1) is 12.8 Å². The van der Waals surface area contributed by atoms with Crippen LogP contribution in [0.2, 0.25) is 0 Å². The van der Waals surface area contributed by atoms with Crippen LogP contribution in [-0.2, 0) is 0 Å². The van der Waals surface area contributed by atoms with Crippen molar-refractivity contribution in [3.05, 3.63) is 23.8 Å². The summed E-state index contributed by atoms with van der Waals surface area (Å²) in [6.07, 6.45) is 8.36. The quantitative estimate of drug-likeness (QED) is 0.763. The van der Waals surface area contributed by atoms with Gasteiger partial charge in [0.25, 0.3) is 0 Å². The normalized spacial score (nSPS) is 27.9. The van der Waals surface area contributed by atoms with Gasteiger partial charge in [-0.25, -0.2) is 0 Å². The van der Waals surface area contributed by atoms with E-state index in [4.69, 9.17) is 5.73 Å². The molecular formula is C16H24N2. The van der Waals surface area contributed by atoms with Crippen LogP contribution in [0.4, 0.5) is 11.4 Å². The van der Waals surface area contributed by atoms with Gasteiger partial charge in [0.2, 0.25) is 0 Å². The van der Waals surface area contributed by atoms with Gasteiger partial charge >= 0.3 is 0 Å². The first kappa shape index (κ1) is 11.9. The fraction of sp³-hybridized carbons (Fsp3) is 0.625. The van der Waals surface area contributed by atoms with Crippen LogP contribution in [-0.4, -0.2) is 12.6 Å². The molecule has 98 valence electrons. The molecule has 1 saturated carbocycles. The highest BCUT2D eigenvalue weighted by Gasteiger charge is 2.33. The molecule has 2 N–H and O–H groups in total. The van der Waals surface area contributed by atoms with Gasteiger partial charge in [0.1, 0.15) is 0 Å². The summed E-state index contributed by atoms with van der Waals surface area (Å²) in [5.41, 5.74) is 9.75. The molecule has 2 aliphatic rings. The third kappa shape index (κ3) is 2.09. The van der Waals surface area contributed by atoms with Gasteiger partial charge in [-0.1, -0.05) is 18.9 Å². The lowest BCUT2D eigenvalue weighted by molar-refractivity contribution is 0.244. The molecule has 1 heterocycles. The molecule has 0 unspecified atom stereocenters. The van der Waals surface area contributed by atoms with E-state index >= 15 is 0 Å². The highest BCUT2D eigenvalue weighted by atomic mass is 15.2. The summed E-state index contributed by atoms with van der Waals surface area (Å²) in [5, 5.41) is 0. The Labute approximate surface area is 110 Å². The third-order valence-electron chi connectivity index (χ3n) is 4.74. The lowest BCUT2D eigenvalue weighted by Crippen LogP contribution is -2.47. The highest BCUT2D eigenvalue weighted by Crippen LogP contribution is 2.39. The molecule has 3 rings (SSSR count). The molecule has 1 saturated heterocycles.